The first-order valence-electron chi connectivity index (χ1n) is 8.88. The molecule has 0 saturated heterocycles. The third kappa shape index (κ3) is 3.10. The second-order valence-corrected chi connectivity index (χ2v) is 8.06. The fourth-order valence-electron chi connectivity index (χ4n) is 3.08. The van der Waals surface area contributed by atoms with Gasteiger partial charge in [-0.3, -0.25) is 19.4 Å². The van der Waals surface area contributed by atoms with E-state index >= 15 is 0 Å². The maximum Gasteiger partial charge on any atom is 0.425 e. The maximum atomic E-state index is 14.2. The zero-order valence-corrected chi connectivity index (χ0v) is 16.5. The molecule has 0 saturated carbocycles. The number of aromatic nitrogens is 2. The van der Waals surface area contributed by atoms with E-state index in [1.165, 1.54) is 32.9 Å². The molecule has 0 unspecified atom stereocenters. The summed E-state index contributed by atoms with van der Waals surface area (Å²) in [5.41, 5.74) is -7.57. The van der Waals surface area contributed by atoms with Crippen LogP contribution in [-0.4, -0.2) is 27.5 Å². The lowest BCUT2D eigenvalue weighted by Crippen LogP contribution is -2.63. The second kappa shape index (κ2) is 6.57. The quantitative estimate of drug-likeness (QED) is 0.681. The van der Waals surface area contributed by atoms with Crippen molar-refractivity contribution >= 4 is 17.6 Å². The minimum atomic E-state index is -5.37. The van der Waals surface area contributed by atoms with E-state index in [1.54, 1.807) is 24.4 Å². The summed E-state index contributed by atoms with van der Waals surface area (Å²) >= 11 is 0. The predicted octanol–water partition coefficient (Wildman–Crippen LogP) is 1.71. The lowest BCUT2D eigenvalue weighted by atomic mass is 9.88. The Hall–Kier alpha value is -3.37. The van der Waals surface area contributed by atoms with E-state index in [4.69, 9.17) is 0 Å². The van der Waals surface area contributed by atoms with Crippen molar-refractivity contribution in [2.45, 2.75) is 39.4 Å². The molecule has 1 aliphatic rings. The number of benzene rings is 1. The summed E-state index contributed by atoms with van der Waals surface area (Å²) in [4.78, 5) is 51.8. The number of aryl methyl sites for hydroxylation is 1. The molecule has 11 heteroatoms. The van der Waals surface area contributed by atoms with Crippen molar-refractivity contribution in [3.8, 4) is 5.69 Å². The smallest absolute Gasteiger partial charge is 0.330 e. The molecule has 3 N–H and O–H groups in total. The van der Waals surface area contributed by atoms with Gasteiger partial charge in [-0.25, -0.2) is 9.36 Å². The summed E-state index contributed by atoms with van der Waals surface area (Å²) in [5, 5.41) is 3.70. The van der Waals surface area contributed by atoms with E-state index in [0.29, 0.717) is 0 Å². The molecule has 0 fully saturated rings. The molecule has 1 aliphatic heterocycles. The van der Waals surface area contributed by atoms with Crippen molar-refractivity contribution in [1.82, 2.24) is 14.9 Å². The average Bonchev–Trinajstić information content (AvgIpc) is 2.89. The number of H-pyrrole nitrogens is 1. The first-order valence-corrected chi connectivity index (χ1v) is 8.88. The van der Waals surface area contributed by atoms with Gasteiger partial charge >= 0.3 is 11.9 Å². The van der Waals surface area contributed by atoms with Gasteiger partial charge in [0.1, 0.15) is 11.4 Å². The number of nitrogens with one attached hydrogen (secondary N) is 3. The summed E-state index contributed by atoms with van der Waals surface area (Å²) in [6.07, 6.45) is -5.37. The van der Waals surface area contributed by atoms with Crippen molar-refractivity contribution in [2.24, 2.45) is 5.41 Å². The average molecular weight is 424 g/mol. The molecule has 0 radical (unpaired) electrons. The first-order chi connectivity index (χ1) is 13.7. The Morgan fingerprint density at radius 1 is 1.07 bits per heavy atom. The number of carbonyl (C=O) groups excluding carboxylic acids is 2. The lowest BCUT2D eigenvalue weighted by molar-refractivity contribution is -0.201. The Morgan fingerprint density at radius 3 is 2.13 bits per heavy atom. The van der Waals surface area contributed by atoms with E-state index in [0.717, 1.165) is 10.1 Å². The molecular weight excluding hydrogens is 405 g/mol. The number of anilines is 1. The number of hydrogen-bond donors (Lipinski definition) is 3. The molecule has 2 amide bonds. The maximum absolute atomic E-state index is 14.2. The summed E-state index contributed by atoms with van der Waals surface area (Å²) in [6.45, 7) is 5.84. The van der Waals surface area contributed by atoms with Crippen LogP contribution in [0.3, 0.4) is 0 Å². The molecule has 3 rings (SSSR count). The van der Waals surface area contributed by atoms with Crippen LogP contribution in [0.15, 0.2) is 33.9 Å². The standard InChI is InChI=1S/C19H19F3N4O4/c1-9-5-7-10(8-6-9)26-12-11(13(27)24-16(26)30)18(15(29)23-12,19(20,21)22)25-14(28)17(2,3)4/h5-8H,1-4H3,(H,23,29)(H,25,28)(H,24,27,30)/t18-/m0/s1. The Bertz CT molecular complexity index is 1160. The van der Waals surface area contributed by atoms with Crippen LogP contribution in [0.4, 0.5) is 19.0 Å². The molecule has 1 aromatic carbocycles. The van der Waals surface area contributed by atoms with Crippen LogP contribution >= 0.6 is 0 Å². The molecule has 0 aliphatic carbocycles. The van der Waals surface area contributed by atoms with Gasteiger partial charge < -0.3 is 10.6 Å². The van der Waals surface area contributed by atoms with Gasteiger partial charge in [0.05, 0.1) is 5.69 Å². The van der Waals surface area contributed by atoms with Crippen LogP contribution in [0.2, 0.25) is 0 Å². The van der Waals surface area contributed by atoms with Crippen LogP contribution < -0.4 is 21.9 Å². The molecule has 0 spiro atoms. The topological polar surface area (TPSA) is 113 Å². The number of aromatic amines is 1. The molecule has 2 aromatic rings. The van der Waals surface area contributed by atoms with Crippen LogP contribution in [0.5, 0.6) is 0 Å². The summed E-state index contributed by atoms with van der Waals surface area (Å²) in [5.74, 6) is -3.43. The summed E-state index contributed by atoms with van der Waals surface area (Å²) < 4.78 is 43.5. The van der Waals surface area contributed by atoms with Crippen molar-refractivity contribution in [2.75, 3.05) is 5.32 Å². The predicted molar refractivity (Wildman–Crippen MR) is 101 cm³/mol. The van der Waals surface area contributed by atoms with E-state index < -0.39 is 51.6 Å². The van der Waals surface area contributed by atoms with Crippen LogP contribution in [0, 0.1) is 12.3 Å². The fraction of sp³-hybridized carbons (Fsp3) is 0.368. The normalized spacial score (nSPS) is 18.7. The molecule has 0 bridgehead atoms. The molecule has 2 heterocycles. The summed E-state index contributed by atoms with van der Waals surface area (Å²) in [7, 11) is 0. The monoisotopic (exact) mass is 424 g/mol. The number of fused-ring (bicyclic) bond motifs is 1. The third-order valence-corrected chi connectivity index (χ3v) is 4.76. The van der Waals surface area contributed by atoms with Gasteiger partial charge in [-0.15, -0.1) is 0 Å². The first kappa shape index (κ1) is 21.3. The Morgan fingerprint density at radius 2 is 1.63 bits per heavy atom. The Labute approximate surface area is 168 Å². The second-order valence-electron chi connectivity index (χ2n) is 8.06. The fourth-order valence-corrected chi connectivity index (χ4v) is 3.08. The highest BCUT2D eigenvalue weighted by Crippen LogP contribution is 2.45. The number of alkyl halides is 3. The number of nitrogens with zero attached hydrogens (tertiary/aromatic N) is 1. The van der Waals surface area contributed by atoms with E-state index in [-0.39, 0.29) is 5.69 Å². The number of halogens is 3. The van der Waals surface area contributed by atoms with E-state index in [9.17, 15) is 32.3 Å². The van der Waals surface area contributed by atoms with Crippen molar-refractivity contribution in [3.05, 3.63) is 56.2 Å². The molecular formula is C19H19F3N4O4. The largest absolute Gasteiger partial charge is 0.425 e. The van der Waals surface area contributed by atoms with Gasteiger partial charge in [-0.05, 0) is 19.1 Å². The highest BCUT2D eigenvalue weighted by Gasteiger charge is 2.68. The molecule has 8 nitrogen and oxygen atoms in total. The molecule has 30 heavy (non-hydrogen) atoms. The number of amides is 2. The zero-order valence-electron chi connectivity index (χ0n) is 16.5. The minimum absolute atomic E-state index is 0.124. The van der Waals surface area contributed by atoms with Crippen LogP contribution in [-0.2, 0) is 15.1 Å². The zero-order chi connectivity index (χ0) is 22.6. The molecule has 1 aromatic heterocycles. The minimum Gasteiger partial charge on any atom is -0.330 e. The van der Waals surface area contributed by atoms with Crippen molar-refractivity contribution in [1.29, 1.82) is 0 Å². The third-order valence-electron chi connectivity index (χ3n) is 4.76. The van der Waals surface area contributed by atoms with Gasteiger partial charge in [-0.2, -0.15) is 13.2 Å². The lowest BCUT2D eigenvalue weighted by Gasteiger charge is -2.32. The van der Waals surface area contributed by atoms with Crippen molar-refractivity contribution in [3.63, 3.8) is 0 Å². The Kier molecular flexibility index (Phi) is 4.68. The van der Waals surface area contributed by atoms with Crippen LogP contribution in [0.1, 0.15) is 31.9 Å². The molecule has 160 valence electrons. The van der Waals surface area contributed by atoms with Crippen molar-refractivity contribution < 1.29 is 22.8 Å². The van der Waals surface area contributed by atoms with Crippen LogP contribution in [0.25, 0.3) is 5.69 Å². The SMILES string of the molecule is Cc1ccc(-n2c3c(c(=O)[nH]c2=O)[C@@](NC(=O)C(C)(C)C)(C(F)(F)F)C(=O)N3)cc1. The highest BCUT2D eigenvalue weighted by atomic mass is 19.4. The van der Waals surface area contributed by atoms with Gasteiger partial charge in [0.2, 0.25) is 11.4 Å². The van der Waals surface area contributed by atoms with Gasteiger partial charge in [0.25, 0.3) is 11.5 Å². The van der Waals surface area contributed by atoms with Gasteiger partial charge in [0, 0.05) is 5.41 Å². The summed E-state index contributed by atoms with van der Waals surface area (Å²) in [6, 6.07) is 6.11. The molecule has 1 atom stereocenters. The number of hydrogen-bond acceptors (Lipinski definition) is 4. The number of rotatable bonds is 2. The number of carbonyl (C=O) groups is 2. The van der Waals surface area contributed by atoms with E-state index in [2.05, 4.69) is 0 Å². The highest BCUT2D eigenvalue weighted by molar-refractivity contribution is 6.08. The van der Waals surface area contributed by atoms with Gasteiger partial charge in [0.15, 0.2) is 0 Å². The van der Waals surface area contributed by atoms with Gasteiger partial charge in [-0.1, -0.05) is 38.5 Å². The Balaban J connectivity index is 2.37. The van der Waals surface area contributed by atoms with E-state index in [1.807, 2.05) is 10.3 Å².